The van der Waals surface area contributed by atoms with Crippen molar-refractivity contribution in [2.45, 2.75) is 32.2 Å². The van der Waals surface area contributed by atoms with E-state index < -0.39 is 0 Å². The first-order chi connectivity index (χ1) is 10.2. The molecule has 2 aliphatic carbocycles. The van der Waals surface area contributed by atoms with Crippen molar-refractivity contribution in [1.29, 1.82) is 0 Å². The van der Waals surface area contributed by atoms with Crippen LogP contribution in [0.5, 0.6) is 5.75 Å². The van der Waals surface area contributed by atoms with Crippen molar-refractivity contribution in [3.05, 3.63) is 24.3 Å². The number of ether oxygens (including phenoxy) is 1. The van der Waals surface area contributed by atoms with Crippen LogP contribution >= 0.6 is 0 Å². The molecule has 2 amide bonds. The Hall–Kier alpha value is -2.04. The van der Waals surface area contributed by atoms with Crippen molar-refractivity contribution in [3.8, 4) is 5.75 Å². The van der Waals surface area contributed by atoms with Gasteiger partial charge < -0.3 is 15.4 Å². The topological polar surface area (TPSA) is 67.4 Å². The molecule has 0 aromatic heterocycles. The average molecular weight is 288 g/mol. The number of benzene rings is 1. The third-order valence-corrected chi connectivity index (χ3v) is 3.82. The zero-order valence-electron chi connectivity index (χ0n) is 12.1. The van der Waals surface area contributed by atoms with Crippen LogP contribution in [0.1, 0.15) is 26.2 Å². The highest BCUT2D eigenvalue weighted by Crippen LogP contribution is 2.40. The van der Waals surface area contributed by atoms with Gasteiger partial charge in [0.2, 0.25) is 11.8 Å². The zero-order chi connectivity index (χ0) is 14.8. The van der Waals surface area contributed by atoms with Crippen molar-refractivity contribution in [2.75, 3.05) is 11.9 Å². The van der Waals surface area contributed by atoms with Gasteiger partial charge in [0, 0.05) is 11.7 Å². The first-order valence-electron chi connectivity index (χ1n) is 7.51. The molecule has 2 aliphatic rings. The number of nitrogens with one attached hydrogen (secondary N) is 2. The highest BCUT2D eigenvalue weighted by molar-refractivity contribution is 5.99. The highest BCUT2D eigenvalue weighted by Gasteiger charge is 2.48. The molecule has 5 nitrogen and oxygen atoms in total. The molecule has 0 bridgehead atoms. The van der Waals surface area contributed by atoms with Gasteiger partial charge in [-0.3, -0.25) is 9.59 Å². The molecule has 5 heteroatoms. The summed E-state index contributed by atoms with van der Waals surface area (Å²) in [6, 6.07) is 7.62. The minimum atomic E-state index is -0.185. The Morgan fingerprint density at radius 3 is 2.43 bits per heavy atom. The van der Waals surface area contributed by atoms with E-state index in [0.717, 1.165) is 24.3 Å². The molecule has 112 valence electrons. The molecular formula is C16H20N2O3. The Morgan fingerprint density at radius 2 is 1.81 bits per heavy atom. The first-order valence-corrected chi connectivity index (χ1v) is 7.51. The first kappa shape index (κ1) is 13.9. The molecule has 2 unspecified atom stereocenters. The van der Waals surface area contributed by atoms with Gasteiger partial charge in [0.1, 0.15) is 5.75 Å². The second-order valence-electron chi connectivity index (χ2n) is 5.68. The lowest BCUT2D eigenvalue weighted by Gasteiger charge is -2.07. The largest absolute Gasteiger partial charge is 0.494 e. The molecule has 2 N–H and O–H groups in total. The maximum Gasteiger partial charge on any atom is 0.228 e. The van der Waals surface area contributed by atoms with E-state index in [2.05, 4.69) is 10.6 Å². The molecular weight excluding hydrogens is 268 g/mol. The van der Waals surface area contributed by atoms with E-state index >= 15 is 0 Å². The molecule has 2 saturated carbocycles. The number of rotatable bonds is 6. The fourth-order valence-electron chi connectivity index (χ4n) is 2.35. The highest BCUT2D eigenvalue weighted by atomic mass is 16.5. The fraction of sp³-hybridized carbons (Fsp3) is 0.500. The maximum absolute atomic E-state index is 12.1. The quantitative estimate of drug-likeness (QED) is 0.840. The van der Waals surface area contributed by atoms with Gasteiger partial charge in [0.15, 0.2) is 0 Å². The van der Waals surface area contributed by atoms with Gasteiger partial charge in [-0.15, -0.1) is 0 Å². The summed E-state index contributed by atoms with van der Waals surface area (Å²) < 4.78 is 5.35. The van der Waals surface area contributed by atoms with Gasteiger partial charge in [0.25, 0.3) is 0 Å². The van der Waals surface area contributed by atoms with E-state index in [0.29, 0.717) is 19.1 Å². The van der Waals surface area contributed by atoms with Crippen molar-refractivity contribution in [2.24, 2.45) is 11.8 Å². The lowest BCUT2D eigenvalue weighted by Crippen LogP contribution is -2.29. The average Bonchev–Trinajstić information content (AvgIpc) is 3.35. The maximum atomic E-state index is 12.1. The van der Waals surface area contributed by atoms with E-state index in [9.17, 15) is 9.59 Å². The molecule has 0 saturated heterocycles. The summed E-state index contributed by atoms with van der Waals surface area (Å²) in [6.07, 6.45) is 2.80. The molecule has 0 radical (unpaired) electrons. The van der Waals surface area contributed by atoms with Crippen molar-refractivity contribution < 1.29 is 14.3 Å². The number of hydrogen-bond acceptors (Lipinski definition) is 3. The molecule has 0 aliphatic heterocycles. The zero-order valence-corrected chi connectivity index (χ0v) is 12.1. The van der Waals surface area contributed by atoms with E-state index in [1.54, 1.807) is 0 Å². The third kappa shape index (κ3) is 3.54. The minimum absolute atomic E-state index is 0.0318. The summed E-state index contributed by atoms with van der Waals surface area (Å²) in [7, 11) is 0. The van der Waals surface area contributed by atoms with Crippen molar-refractivity contribution in [3.63, 3.8) is 0 Å². The summed E-state index contributed by atoms with van der Waals surface area (Å²) in [6.45, 7) is 2.54. The summed E-state index contributed by atoms with van der Waals surface area (Å²) in [5, 5.41) is 5.80. The Balaban J connectivity index is 1.49. The Kier molecular flexibility index (Phi) is 3.82. The summed E-state index contributed by atoms with van der Waals surface area (Å²) in [5.74, 6) is 0.409. The molecule has 21 heavy (non-hydrogen) atoms. The van der Waals surface area contributed by atoms with Gasteiger partial charge in [-0.05, 0) is 50.5 Å². The van der Waals surface area contributed by atoms with E-state index in [1.165, 1.54) is 0 Å². The molecule has 3 rings (SSSR count). The predicted molar refractivity (Wildman–Crippen MR) is 79.0 cm³/mol. The molecule has 1 aromatic rings. The van der Waals surface area contributed by atoms with Crippen molar-refractivity contribution in [1.82, 2.24) is 5.32 Å². The van der Waals surface area contributed by atoms with Crippen LogP contribution in [0.15, 0.2) is 24.3 Å². The summed E-state index contributed by atoms with van der Waals surface area (Å²) >= 11 is 0. The summed E-state index contributed by atoms with van der Waals surface area (Å²) in [5.41, 5.74) is 0.733. The summed E-state index contributed by atoms with van der Waals surface area (Å²) in [4.78, 5) is 23.9. The smallest absolute Gasteiger partial charge is 0.228 e. The normalized spacial score (nSPS) is 23.3. The van der Waals surface area contributed by atoms with Crippen LogP contribution in [0.4, 0.5) is 5.69 Å². The number of amides is 2. The van der Waals surface area contributed by atoms with Crippen LogP contribution < -0.4 is 15.4 Å². The lowest BCUT2D eigenvalue weighted by atomic mass is 10.2. The van der Waals surface area contributed by atoms with Crippen molar-refractivity contribution >= 4 is 17.5 Å². The second kappa shape index (κ2) is 5.76. The Morgan fingerprint density at radius 1 is 1.14 bits per heavy atom. The molecule has 0 heterocycles. The van der Waals surface area contributed by atoms with Crippen LogP contribution in [0, 0.1) is 11.8 Å². The standard InChI is InChI=1S/C16H20N2O3/c1-2-21-12-7-5-11(6-8-12)18-16(20)14-9-13(14)15(19)17-10-3-4-10/h5-8,10,13-14H,2-4,9H2,1H3,(H,17,19)(H,18,20). The number of carbonyl (C=O) groups excluding carboxylic acids is 2. The van der Waals surface area contributed by atoms with Crippen LogP contribution in [0.2, 0.25) is 0 Å². The van der Waals surface area contributed by atoms with Crippen LogP contribution in [0.3, 0.4) is 0 Å². The van der Waals surface area contributed by atoms with Gasteiger partial charge in [-0.2, -0.15) is 0 Å². The Bertz CT molecular complexity index is 537. The number of hydrogen-bond donors (Lipinski definition) is 2. The predicted octanol–water partition coefficient (Wildman–Crippen LogP) is 1.94. The van der Waals surface area contributed by atoms with Gasteiger partial charge in [0.05, 0.1) is 18.4 Å². The second-order valence-corrected chi connectivity index (χ2v) is 5.68. The number of anilines is 1. The molecule has 1 aromatic carbocycles. The van der Waals surface area contributed by atoms with Gasteiger partial charge in [-0.25, -0.2) is 0 Å². The molecule has 2 atom stereocenters. The van der Waals surface area contributed by atoms with Crippen LogP contribution in [-0.4, -0.2) is 24.5 Å². The van der Waals surface area contributed by atoms with Gasteiger partial charge >= 0.3 is 0 Å². The van der Waals surface area contributed by atoms with Crippen LogP contribution in [0.25, 0.3) is 0 Å². The number of carbonyl (C=O) groups is 2. The molecule has 2 fully saturated rings. The third-order valence-electron chi connectivity index (χ3n) is 3.82. The van der Waals surface area contributed by atoms with E-state index in [4.69, 9.17) is 4.74 Å². The lowest BCUT2D eigenvalue weighted by molar-refractivity contribution is -0.125. The monoisotopic (exact) mass is 288 g/mol. The Labute approximate surface area is 124 Å². The van der Waals surface area contributed by atoms with E-state index in [1.807, 2.05) is 31.2 Å². The SMILES string of the molecule is CCOc1ccc(NC(=O)C2CC2C(=O)NC2CC2)cc1. The minimum Gasteiger partial charge on any atom is -0.494 e. The van der Waals surface area contributed by atoms with Crippen LogP contribution in [-0.2, 0) is 9.59 Å². The molecule has 0 spiro atoms. The van der Waals surface area contributed by atoms with E-state index in [-0.39, 0.29) is 23.7 Å². The fourth-order valence-corrected chi connectivity index (χ4v) is 2.35. The van der Waals surface area contributed by atoms with Gasteiger partial charge in [-0.1, -0.05) is 0 Å².